The van der Waals surface area contributed by atoms with Crippen LogP contribution < -0.4 is 29.6 Å². The van der Waals surface area contributed by atoms with Crippen LogP contribution in [0.3, 0.4) is 0 Å². The van der Waals surface area contributed by atoms with Crippen molar-refractivity contribution in [3.8, 4) is 34.1 Å². The Bertz CT molecular complexity index is 1250. The number of carbonyl (C=O) groups is 2. The van der Waals surface area contributed by atoms with Gasteiger partial charge in [0.15, 0.2) is 11.5 Å². The first-order valence-corrected chi connectivity index (χ1v) is 10.5. The third-order valence-electron chi connectivity index (χ3n) is 5.66. The summed E-state index contributed by atoms with van der Waals surface area (Å²) in [6, 6.07) is 9.77. The van der Waals surface area contributed by atoms with Gasteiger partial charge in [0.2, 0.25) is 5.91 Å². The highest BCUT2D eigenvalue weighted by Gasteiger charge is 2.36. The molecule has 3 aromatic rings. The summed E-state index contributed by atoms with van der Waals surface area (Å²) >= 11 is 0. The van der Waals surface area contributed by atoms with Crippen LogP contribution in [0.15, 0.2) is 36.4 Å². The first-order chi connectivity index (χ1) is 16.4. The van der Waals surface area contributed by atoms with Gasteiger partial charge in [-0.3, -0.25) is 9.59 Å². The Morgan fingerprint density at radius 1 is 1.00 bits per heavy atom. The number of anilines is 2. The quantitative estimate of drug-likeness (QED) is 0.523. The molecular formula is C24H26N4O6. The molecule has 0 bridgehead atoms. The number of benzene rings is 2. The van der Waals surface area contributed by atoms with Crippen LogP contribution in [0.4, 0.5) is 11.5 Å². The zero-order chi connectivity index (χ0) is 24.4. The summed E-state index contributed by atoms with van der Waals surface area (Å²) < 4.78 is 22.8. The van der Waals surface area contributed by atoms with Gasteiger partial charge in [0, 0.05) is 11.6 Å². The van der Waals surface area contributed by atoms with Crippen LogP contribution in [0.2, 0.25) is 0 Å². The predicted octanol–water partition coefficient (Wildman–Crippen LogP) is 3.41. The van der Waals surface area contributed by atoms with Gasteiger partial charge in [-0.1, -0.05) is 6.07 Å². The summed E-state index contributed by atoms with van der Waals surface area (Å²) in [6.45, 7) is 1.85. The third kappa shape index (κ3) is 4.09. The van der Waals surface area contributed by atoms with Crippen molar-refractivity contribution in [1.29, 1.82) is 0 Å². The SMILES string of the molecule is COc1ccc(OC)c(NC(=O)CC2C(=O)Nc3c(-c4ccc(OC)c(OC)c4)c(C)nn32)c1. The van der Waals surface area contributed by atoms with Crippen molar-refractivity contribution in [2.45, 2.75) is 19.4 Å². The van der Waals surface area contributed by atoms with E-state index in [0.29, 0.717) is 40.2 Å². The van der Waals surface area contributed by atoms with Gasteiger partial charge in [-0.2, -0.15) is 5.10 Å². The number of aromatic nitrogens is 2. The smallest absolute Gasteiger partial charge is 0.251 e. The van der Waals surface area contributed by atoms with Crippen molar-refractivity contribution in [3.05, 3.63) is 42.1 Å². The Morgan fingerprint density at radius 3 is 2.38 bits per heavy atom. The molecule has 178 valence electrons. The second kappa shape index (κ2) is 9.34. The minimum absolute atomic E-state index is 0.105. The monoisotopic (exact) mass is 466 g/mol. The van der Waals surface area contributed by atoms with Crippen molar-refractivity contribution in [2.24, 2.45) is 0 Å². The molecule has 1 aliphatic rings. The van der Waals surface area contributed by atoms with Crippen LogP contribution >= 0.6 is 0 Å². The van der Waals surface area contributed by atoms with Gasteiger partial charge in [-0.25, -0.2) is 4.68 Å². The maximum Gasteiger partial charge on any atom is 0.251 e. The highest BCUT2D eigenvalue weighted by Crippen LogP contribution is 2.41. The average Bonchev–Trinajstić information content (AvgIpc) is 3.31. The van der Waals surface area contributed by atoms with Gasteiger partial charge in [-0.05, 0) is 36.8 Å². The van der Waals surface area contributed by atoms with E-state index in [1.54, 1.807) is 43.2 Å². The maximum atomic E-state index is 12.8. The van der Waals surface area contributed by atoms with E-state index in [9.17, 15) is 9.59 Å². The highest BCUT2D eigenvalue weighted by molar-refractivity contribution is 6.04. The fourth-order valence-corrected chi connectivity index (χ4v) is 4.01. The third-order valence-corrected chi connectivity index (χ3v) is 5.66. The fourth-order valence-electron chi connectivity index (χ4n) is 4.01. The van der Waals surface area contributed by atoms with Gasteiger partial charge in [-0.15, -0.1) is 0 Å². The van der Waals surface area contributed by atoms with Crippen molar-refractivity contribution in [2.75, 3.05) is 39.1 Å². The summed E-state index contributed by atoms with van der Waals surface area (Å²) in [7, 11) is 6.17. The molecule has 2 heterocycles. The molecule has 1 atom stereocenters. The van der Waals surface area contributed by atoms with Crippen LogP contribution in [-0.4, -0.2) is 50.0 Å². The Morgan fingerprint density at radius 2 is 1.71 bits per heavy atom. The van der Waals surface area contributed by atoms with Crippen molar-refractivity contribution in [3.63, 3.8) is 0 Å². The number of hydrogen-bond acceptors (Lipinski definition) is 7. The number of ether oxygens (including phenoxy) is 4. The van der Waals surface area contributed by atoms with E-state index in [1.807, 2.05) is 19.1 Å². The van der Waals surface area contributed by atoms with Crippen LogP contribution in [0.5, 0.6) is 23.0 Å². The Hall–Kier alpha value is -4.21. The number of methoxy groups -OCH3 is 4. The fraction of sp³-hybridized carbons (Fsp3) is 0.292. The average molecular weight is 466 g/mol. The summed E-state index contributed by atoms with van der Waals surface area (Å²) in [5.41, 5.74) is 2.73. The molecule has 1 unspecified atom stereocenters. The van der Waals surface area contributed by atoms with Crippen molar-refractivity contribution >= 4 is 23.3 Å². The zero-order valence-corrected chi connectivity index (χ0v) is 19.6. The number of rotatable bonds is 8. The van der Waals surface area contributed by atoms with Gasteiger partial charge < -0.3 is 29.6 Å². The molecule has 0 saturated heterocycles. The minimum atomic E-state index is -0.792. The van der Waals surface area contributed by atoms with Crippen LogP contribution in [0.25, 0.3) is 11.1 Å². The molecule has 2 N–H and O–H groups in total. The minimum Gasteiger partial charge on any atom is -0.497 e. The molecule has 0 radical (unpaired) electrons. The van der Waals surface area contributed by atoms with Crippen molar-refractivity contribution < 1.29 is 28.5 Å². The lowest BCUT2D eigenvalue weighted by molar-refractivity contribution is -0.123. The van der Waals surface area contributed by atoms with E-state index < -0.39 is 6.04 Å². The molecular weight excluding hydrogens is 440 g/mol. The van der Waals surface area contributed by atoms with E-state index in [0.717, 1.165) is 11.1 Å². The number of fused-ring (bicyclic) bond motifs is 1. The Balaban J connectivity index is 1.60. The highest BCUT2D eigenvalue weighted by atomic mass is 16.5. The summed E-state index contributed by atoms with van der Waals surface area (Å²) in [4.78, 5) is 25.6. The molecule has 2 amide bonds. The second-order valence-electron chi connectivity index (χ2n) is 7.65. The first-order valence-electron chi connectivity index (χ1n) is 10.5. The molecule has 0 aliphatic carbocycles. The summed E-state index contributed by atoms with van der Waals surface area (Å²) in [5.74, 6) is 2.07. The normalized spacial score (nSPS) is 14.3. The molecule has 34 heavy (non-hydrogen) atoms. The molecule has 1 aliphatic heterocycles. The number of carbonyl (C=O) groups excluding carboxylic acids is 2. The topological polar surface area (TPSA) is 113 Å². The molecule has 10 heteroatoms. The Kier molecular flexibility index (Phi) is 6.31. The van der Waals surface area contributed by atoms with Gasteiger partial charge in [0.25, 0.3) is 5.91 Å². The number of nitrogens with zero attached hydrogens (tertiary/aromatic N) is 2. The van der Waals surface area contributed by atoms with Gasteiger partial charge in [0.05, 0.1) is 46.2 Å². The number of amides is 2. The molecule has 2 aromatic carbocycles. The molecule has 4 rings (SSSR count). The van der Waals surface area contributed by atoms with E-state index in [4.69, 9.17) is 18.9 Å². The number of hydrogen-bond donors (Lipinski definition) is 2. The van der Waals surface area contributed by atoms with Crippen molar-refractivity contribution in [1.82, 2.24) is 9.78 Å². The van der Waals surface area contributed by atoms with E-state index in [1.165, 1.54) is 14.2 Å². The van der Waals surface area contributed by atoms with Crippen LogP contribution in [0, 0.1) is 6.92 Å². The molecule has 0 spiro atoms. The predicted molar refractivity (Wildman–Crippen MR) is 126 cm³/mol. The first kappa shape index (κ1) is 23.0. The maximum absolute atomic E-state index is 12.8. The lowest BCUT2D eigenvalue weighted by Gasteiger charge is -2.13. The largest absolute Gasteiger partial charge is 0.497 e. The van der Waals surface area contributed by atoms with E-state index in [2.05, 4.69) is 15.7 Å². The molecule has 10 nitrogen and oxygen atoms in total. The van der Waals surface area contributed by atoms with E-state index in [-0.39, 0.29) is 18.2 Å². The van der Waals surface area contributed by atoms with Gasteiger partial charge >= 0.3 is 0 Å². The molecule has 0 saturated carbocycles. The Labute approximate surface area is 196 Å². The molecule has 1 aromatic heterocycles. The summed E-state index contributed by atoms with van der Waals surface area (Å²) in [5, 5.41) is 10.2. The lowest BCUT2D eigenvalue weighted by atomic mass is 10.1. The lowest BCUT2D eigenvalue weighted by Crippen LogP contribution is -2.24. The standard InChI is InChI=1S/C24H26N4O6/c1-13-22(14-6-8-19(33-4)20(10-14)34-5)23-26-24(30)17(28(23)27-13)12-21(29)25-16-11-15(31-2)7-9-18(16)32-3/h6-11,17H,12H2,1-5H3,(H,25,29)(H,26,30). The van der Waals surface area contributed by atoms with Crippen LogP contribution in [-0.2, 0) is 9.59 Å². The zero-order valence-electron chi connectivity index (χ0n) is 19.6. The molecule has 0 fully saturated rings. The van der Waals surface area contributed by atoms with E-state index >= 15 is 0 Å². The number of nitrogens with one attached hydrogen (secondary N) is 2. The number of aryl methyl sites for hydroxylation is 1. The van der Waals surface area contributed by atoms with Gasteiger partial charge in [0.1, 0.15) is 23.4 Å². The van der Waals surface area contributed by atoms with Crippen LogP contribution in [0.1, 0.15) is 18.2 Å². The second-order valence-corrected chi connectivity index (χ2v) is 7.65. The summed E-state index contributed by atoms with van der Waals surface area (Å²) in [6.07, 6.45) is -0.105.